The SMILES string of the molecule is CCOc1cc2ncc(CCOC=O)c(Nc3ccc(F)c(Cl)c3)c2cc1N1CCN(C(=O)OC(C)(C)C)CC1. The number of piperazine rings is 1. The number of rotatable bonds is 9. The predicted molar refractivity (Wildman–Crippen MR) is 153 cm³/mol. The van der Waals surface area contributed by atoms with Gasteiger partial charge in [0.05, 0.1) is 35.1 Å². The van der Waals surface area contributed by atoms with E-state index in [4.69, 9.17) is 25.8 Å². The lowest BCUT2D eigenvalue weighted by Crippen LogP contribution is -2.50. The lowest BCUT2D eigenvalue weighted by atomic mass is 10.0. The molecule has 1 aliphatic rings. The van der Waals surface area contributed by atoms with Crippen molar-refractivity contribution in [1.82, 2.24) is 9.88 Å². The van der Waals surface area contributed by atoms with Crippen LogP contribution in [0.2, 0.25) is 5.02 Å². The molecule has 11 heteroatoms. The van der Waals surface area contributed by atoms with Crippen LogP contribution in [0.1, 0.15) is 33.3 Å². The quantitative estimate of drug-likeness (QED) is 0.249. The number of ether oxygens (including phenoxy) is 3. The Morgan fingerprint density at radius 1 is 1.18 bits per heavy atom. The Hall–Kier alpha value is -3.79. The lowest BCUT2D eigenvalue weighted by Gasteiger charge is -2.37. The molecule has 0 atom stereocenters. The zero-order valence-electron chi connectivity index (χ0n) is 23.1. The number of aromatic nitrogens is 1. The van der Waals surface area contributed by atoms with Gasteiger partial charge in [-0.1, -0.05) is 11.6 Å². The van der Waals surface area contributed by atoms with E-state index in [1.165, 1.54) is 12.1 Å². The number of hydrogen-bond donors (Lipinski definition) is 1. The molecule has 3 aromatic rings. The van der Waals surface area contributed by atoms with Crippen molar-refractivity contribution in [2.45, 2.75) is 39.7 Å². The van der Waals surface area contributed by atoms with Gasteiger partial charge in [-0.15, -0.1) is 0 Å². The highest BCUT2D eigenvalue weighted by atomic mass is 35.5. The molecule has 0 unspecified atom stereocenters. The summed E-state index contributed by atoms with van der Waals surface area (Å²) >= 11 is 6.05. The number of benzene rings is 2. The van der Waals surface area contributed by atoms with Gasteiger partial charge in [0.25, 0.3) is 6.47 Å². The van der Waals surface area contributed by atoms with Crippen molar-refractivity contribution in [3.05, 3.63) is 52.9 Å². The summed E-state index contributed by atoms with van der Waals surface area (Å²) in [6, 6.07) is 8.31. The van der Waals surface area contributed by atoms with E-state index in [-0.39, 0.29) is 17.7 Å². The molecule has 0 bridgehead atoms. The number of carbonyl (C=O) groups excluding carboxylic acids is 2. The van der Waals surface area contributed by atoms with Crippen LogP contribution >= 0.6 is 11.6 Å². The molecule has 2 aromatic carbocycles. The molecule has 1 fully saturated rings. The second kappa shape index (κ2) is 12.6. The molecule has 0 saturated carbocycles. The van der Waals surface area contributed by atoms with Crippen LogP contribution in [-0.2, 0) is 20.7 Å². The van der Waals surface area contributed by atoms with Crippen molar-refractivity contribution in [3.8, 4) is 5.75 Å². The molecule has 2 heterocycles. The van der Waals surface area contributed by atoms with E-state index in [0.29, 0.717) is 62.6 Å². The Kier molecular flexibility index (Phi) is 9.19. The smallest absolute Gasteiger partial charge is 0.410 e. The van der Waals surface area contributed by atoms with Gasteiger partial charge in [0.15, 0.2) is 0 Å². The molecule has 4 rings (SSSR count). The van der Waals surface area contributed by atoms with Crippen LogP contribution in [0.4, 0.5) is 26.2 Å². The molecular formula is C29H34ClFN4O5. The molecule has 40 heavy (non-hydrogen) atoms. The summed E-state index contributed by atoms with van der Waals surface area (Å²) in [7, 11) is 0. The van der Waals surface area contributed by atoms with Gasteiger partial charge in [0.2, 0.25) is 0 Å². The summed E-state index contributed by atoms with van der Waals surface area (Å²) in [5.74, 6) is 0.168. The van der Waals surface area contributed by atoms with Gasteiger partial charge >= 0.3 is 6.09 Å². The molecular weight excluding hydrogens is 539 g/mol. The van der Waals surface area contributed by atoms with Gasteiger partial charge in [-0.3, -0.25) is 9.78 Å². The first-order valence-electron chi connectivity index (χ1n) is 13.2. The van der Waals surface area contributed by atoms with Gasteiger partial charge in [-0.25, -0.2) is 9.18 Å². The second-order valence-corrected chi connectivity index (χ2v) is 10.8. The number of pyridine rings is 1. The average molecular weight is 573 g/mol. The van der Waals surface area contributed by atoms with E-state index < -0.39 is 11.4 Å². The molecule has 1 N–H and O–H groups in total. The maximum absolute atomic E-state index is 13.8. The fraction of sp³-hybridized carbons (Fsp3) is 0.414. The van der Waals surface area contributed by atoms with E-state index in [1.54, 1.807) is 17.2 Å². The Balaban J connectivity index is 1.71. The third-order valence-corrected chi connectivity index (χ3v) is 6.63. The van der Waals surface area contributed by atoms with Crippen molar-refractivity contribution in [2.24, 2.45) is 0 Å². The summed E-state index contributed by atoms with van der Waals surface area (Å²) in [5, 5.41) is 4.17. The standard InChI is InChI=1S/C29H34ClFN4O5/c1-5-39-26-16-24-21(15-25(26)34-9-11-35(12-10-34)28(37)40-29(2,3)4)27(19(17-32-24)8-13-38-18-36)33-20-6-7-23(31)22(30)14-20/h6-7,14-18H,5,8-13H2,1-4H3,(H,32,33). The molecule has 1 amide bonds. The van der Waals surface area contributed by atoms with Gasteiger partial charge in [0, 0.05) is 55.9 Å². The molecule has 1 aromatic heterocycles. The number of nitrogens with zero attached hydrogens (tertiary/aromatic N) is 3. The van der Waals surface area contributed by atoms with Crippen molar-refractivity contribution < 1.29 is 28.2 Å². The average Bonchev–Trinajstić information content (AvgIpc) is 2.91. The monoisotopic (exact) mass is 572 g/mol. The molecule has 0 radical (unpaired) electrons. The summed E-state index contributed by atoms with van der Waals surface area (Å²) in [6.07, 6.45) is 1.81. The minimum Gasteiger partial charge on any atom is -0.492 e. The van der Waals surface area contributed by atoms with Crippen LogP contribution in [0.15, 0.2) is 36.5 Å². The molecule has 0 spiro atoms. The normalized spacial score (nSPS) is 13.8. The third-order valence-electron chi connectivity index (χ3n) is 6.35. The number of fused-ring (bicyclic) bond motifs is 1. The third kappa shape index (κ3) is 7.04. The minimum atomic E-state index is -0.561. The molecule has 9 nitrogen and oxygen atoms in total. The first-order chi connectivity index (χ1) is 19.1. The van der Waals surface area contributed by atoms with E-state index in [1.807, 2.05) is 39.8 Å². The Bertz CT molecular complexity index is 1370. The second-order valence-electron chi connectivity index (χ2n) is 10.4. The van der Waals surface area contributed by atoms with Crippen molar-refractivity contribution in [1.29, 1.82) is 0 Å². The predicted octanol–water partition coefficient (Wildman–Crippen LogP) is 5.94. The van der Waals surface area contributed by atoms with Crippen LogP contribution in [0.3, 0.4) is 0 Å². The molecule has 1 aliphatic heterocycles. The van der Waals surface area contributed by atoms with Crippen molar-refractivity contribution in [3.63, 3.8) is 0 Å². The van der Waals surface area contributed by atoms with Gasteiger partial charge < -0.3 is 29.3 Å². The highest BCUT2D eigenvalue weighted by Gasteiger charge is 2.27. The number of hydrogen-bond acceptors (Lipinski definition) is 8. The van der Waals surface area contributed by atoms with Crippen LogP contribution in [0.25, 0.3) is 10.9 Å². The fourth-order valence-electron chi connectivity index (χ4n) is 4.50. The van der Waals surface area contributed by atoms with Gasteiger partial charge in [0.1, 0.15) is 17.2 Å². The zero-order chi connectivity index (χ0) is 28.9. The van der Waals surface area contributed by atoms with Gasteiger partial charge in [-0.2, -0.15) is 0 Å². The summed E-state index contributed by atoms with van der Waals surface area (Å²) in [5.41, 5.74) is 3.13. The highest BCUT2D eigenvalue weighted by molar-refractivity contribution is 6.31. The highest BCUT2D eigenvalue weighted by Crippen LogP contribution is 2.39. The zero-order valence-corrected chi connectivity index (χ0v) is 23.9. The molecule has 214 valence electrons. The molecule has 0 aliphatic carbocycles. The largest absolute Gasteiger partial charge is 0.492 e. The number of halogens is 2. The number of anilines is 3. The van der Waals surface area contributed by atoms with Crippen LogP contribution in [0, 0.1) is 5.82 Å². The summed E-state index contributed by atoms with van der Waals surface area (Å²) in [4.78, 5) is 31.9. The van der Waals surface area contributed by atoms with Crippen LogP contribution in [0.5, 0.6) is 5.75 Å². The van der Waals surface area contributed by atoms with Crippen molar-refractivity contribution >= 4 is 52.1 Å². The summed E-state index contributed by atoms with van der Waals surface area (Å²) < 4.78 is 30.3. The van der Waals surface area contributed by atoms with Crippen molar-refractivity contribution in [2.75, 3.05) is 49.6 Å². The number of nitrogens with one attached hydrogen (secondary N) is 1. The van der Waals surface area contributed by atoms with E-state index in [0.717, 1.165) is 22.3 Å². The summed E-state index contributed by atoms with van der Waals surface area (Å²) in [6.45, 7) is 10.7. The topological polar surface area (TPSA) is 93.2 Å². The first kappa shape index (κ1) is 29.2. The number of carbonyl (C=O) groups is 2. The Labute approximate surface area is 238 Å². The van der Waals surface area contributed by atoms with Gasteiger partial charge in [-0.05, 0) is 57.5 Å². The maximum atomic E-state index is 13.8. The lowest BCUT2D eigenvalue weighted by molar-refractivity contribution is -0.128. The first-order valence-corrected chi connectivity index (χ1v) is 13.6. The van der Waals surface area contributed by atoms with E-state index >= 15 is 0 Å². The Morgan fingerprint density at radius 3 is 2.58 bits per heavy atom. The number of amides is 1. The minimum absolute atomic E-state index is 0.00335. The van der Waals surface area contributed by atoms with Crippen LogP contribution in [-0.4, -0.2) is 67.4 Å². The fourth-order valence-corrected chi connectivity index (χ4v) is 4.68. The Morgan fingerprint density at radius 2 is 1.93 bits per heavy atom. The maximum Gasteiger partial charge on any atom is 0.410 e. The van der Waals surface area contributed by atoms with E-state index in [2.05, 4.69) is 15.2 Å². The molecule has 1 saturated heterocycles. The van der Waals surface area contributed by atoms with E-state index in [9.17, 15) is 14.0 Å². The van der Waals surface area contributed by atoms with Crippen LogP contribution < -0.4 is 15.0 Å².